The molecule has 5 nitrogen and oxygen atoms in total. The average molecular weight is 290 g/mol. The first-order valence-electron chi connectivity index (χ1n) is 6.89. The molecule has 0 aliphatic heterocycles. The van der Waals surface area contributed by atoms with Gasteiger partial charge in [-0.1, -0.05) is 12.1 Å². The van der Waals surface area contributed by atoms with Crippen LogP contribution in [-0.2, 0) is 6.54 Å². The van der Waals surface area contributed by atoms with Crippen LogP contribution in [0.25, 0.3) is 0 Å². The summed E-state index contributed by atoms with van der Waals surface area (Å²) in [5.74, 6) is 1.60. The summed E-state index contributed by atoms with van der Waals surface area (Å²) in [5.41, 5.74) is 0.811. The molecular weight excluding hydrogens is 268 g/mol. The number of hydrogen-bond acceptors (Lipinski definition) is 5. The fraction of sp³-hybridized carbons (Fsp3) is 0.375. The number of para-hydroxylation sites is 1. The molecule has 1 atom stereocenters. The quantitative estimate of drug-likeness (QED) is 0.820. The van der Waals surface area contributed by atoms with Gasteiger partial charge in [0.2, 0.25) is 0 Å². The third-order valence-corrected chi connectivity index (χ3v) is 3.45. The molecule has 2 N–H and O–H groups in total. The Kier molecular flexibility index (Phi) is 5.25. The van der Waals surface area contributed by atoms with Crippen LogP contribution < -0.4 is 10.1 Å². The molecule has 0 aliphatic rings. The molecule has 2 rings (SSSR count). The molecule has 1 unspecified atom stereocenters. The van der Waals surface area contributed by atoms with E-state index in [0.29, 0.717) is 12.3 Å². The van der Waals surface area contributed by atoms with Gasteiger partial charge in [-0.25, -0.2) is 0 Å². The molecule has 0 spiro atoms. The van der Waals surface area contributed by atoms with Gasteiger partial charge in [-0.05, 0) is 32.3 Å². The topological polar surface area (TPSA) is 57.9 Å². The first kappa shape index (κ1) is 15.4. The van der Waals surface area contributed by atoms with Crippen LogP contribution in [0, 0.1) is 0 Å². The standard InChI is InChI=1S/C16H22N2O3/c1-18(2)13(14-8-5-9-21-14)11-17-10-12-6-4-7-15(20-3)16(12)19/h4-9,13,17,19H,10-11H2,1-3H3. The second-order valence-corrected chi connectivity index (χ2v) is 5.09. The highest BCUT2D eigenvalue weighted by molar-refractivity contribution is 5.45. The molecule has 1 heterocycles. The lowest BCUT2D eigenvalue weighted by Gasteiger charge is -2.22. The number of furan rings is 1. The number of nitrogens with zero attached hydrogens (tertiary/aromatic N) is 1. The monoisotopic (exact) mass is 290 g/mol. The van der Waals surface area contributed by atoms with Gasteiger partial charge in [0, 0.05) is 18.7 Å². The van der Waals surface area contributed by atoms with E-state index in [-0.39, 0.29) is 11.8 Å². The molecule has 21 heavy (non-hydrogen) atoms. The van der Waals surface area contributed by atoms with E-state index in [9.17, 15) is 5.11 Å². The second kappa shape index (κ2) is 7.15. The van der Waals surface area contributed by atoms with E-state index in [1.54, 1.807) is 19.4 Å². The van der Waals surface area contributed by atoms with E-state index in [1.807, 2.05) is 38.4 Å². The van der Waals surface area contributed by atoms with Crippen molar-refractivity contribution in [1.29, 1.82) is 0 Å². The number of nitrogens with one attached hydrogen (secondary N) is 1. The van der Waals surface area contributed by atoms with Gasteiger partial charge in [0.1, 0.15) is 5.76 Å². The number of benzene rings is 1. The Morgan fingerprint density at radius 3 is 2.71 bits per heavy atom. The minimum Gasteiger partial charge on any atom is -0.504 e. The van der Waals surface area contributed by atoms with Crippen LogP contribution in [0.3, 0.4) is 0 Å². The number of methoxy groups -OCH3 is 1. The third-order valence-electron chi connectivity index (χ3n) is 3.45. The highest BCUT2D eigenvalue weighted by atomic mass is 16.5. The molecule has 0 fully saturated rings. The minimum atomic E-state index is 0.146. The van der Waals surface area contributed by atoms with Crippen LogP contribution in [0.15, 0.2) is 41.0 Å². The van der Waals surface area contributed by atoms with Crippen LogP contribution in [0.4, 0.5) is 0 Å². The molecule has 114 valence electrons. The van der Waals surface area contributed by atoms with Crippen molar-refractivity contribution in [2.45, 2.75) is 12.6 Å². The number of ether oxygens (including phenoxy) is 1. The van der Waals surface area contributed by atoms with Gasteiger partial charge in [0.05, 0.1) is 19.4 Å². The predicted octanol–water partition coefficient (Wildman–Crippen LogP) is 2.39. The Morgan fingerprint density at radius 1 is 1.29 bits per heavy atom. The van der Waals surface area contributed by atoms with Crippen molar-refractivity contribution in [3.05, 3.63) is 47.9 Å². The van der Waals surface area contributed by atoms with E-state index < -0.39 is 0 Å². The van der Waals surface area contributed by atoms with Gasteiger partial charge >= 0.3 is 0 Å². The third kappa shape index (κ3) is 3.77. The zero-order valence-corrected chi connectivity index (χ0v) is 12.7. The lowest BCUT2D eigenvalue weighted by Crippen LogP contribution is -2.30. The number of likely N-dealkylation sites (N-methyl/N-ethyl adjacent to an activating group) is 1. The molecule has 0 saturated carbocycles. The Labute approximate surface area is 125 Å². The fourth-order valence-electron chi connectivity index (χ4n) is 2.24. The summed E-state index contributed by atoms with van der Waals surface area (Å²) >= 11 is 0. The van der Waals surface area contributed by atoms with Gasteiger partial charge in [-0.3, -0.25) is 4.90 Å². The predicted molar refractivity (Wildman–Crippen MR) is 81.5 cm³/mol. The number of rotatable bonds is 7. The molecule has 0 aliphatic carbocycles. The number of hydrogen-bond donors (Lipinski definition) is 2. The van der Waals surface area contributed by atoms with E-state index in [4.69, 9.17) is 9.15 Å². The Morgan fingerprint density at radius 2 is 2.10 bits per heavy atom. The largest absolute Gasteiger partial charge is 0.504 e. The normalized spacial score (nSPS) is 12.6. The smallest absolute Gasteiger partial charge is 0.162 e. The summed E-state index contributed by atoms with van der Waals surface area (Å²) in [6, 6.07) is 9.49. The van der Waals surface area contributed by atoms with E-state index >= 15 is 0 Å². The van der Waals surface area contributed by atoms with Gasteiger partial charge in [0.15, 0.2) is 11.5 Å². The maximum Gasteiger partial charge on any atom is 0.162 e. The maximum absolute atomic E-state index is 10.1. The number of aromatic hydroxyl groups is 1. The number of phenols is 1. The highest BCUT2D eigenvalue weighted by Gasteiger charge is 2.16. The zero-order valence-electron chi connectivity index (χ0n) is 12.7. The fourth-order valence-corrected chi connectivity index (χ4v) is 2.24. The lowest BCUT2D eigenvalue weighted by molar-refractivity contribution is 0.250. The average Bonchev–Trinajstić information content (AvgIpc) is 2.98. The summed E-state index contributed by atoms with van der Waals surface area (Å²) in [6.45, 7) is 1.28. The molecule has 0 radical (unpaired) electrons. The van der Waals surface area contributed by atoms with Crippen LogP contribution >= 0.6 is 0 Å². The maximum atomic E-state index is 10.1. The highest BCUT2D eigenvalue weighted by Crippen LogP contribution is 2.29. The van der Waals surface area contributed by atoms with Crippen molar-refractivity contribution >= 4 is 0 Å². The number of phenolic OH excluding ortho intramolecular Hbond substituents is 1. The zero-order chi connectivity index (χ0) is 15.2. The van der Waals surface area contributed by atoms with Crippen LogP contribution in [0.1, 0.15) is 17.4 Å². The van der Waals surface area contributed by atoms with E-state index in [1.165, 1.54) is 0 Å². The molecule has 0 bridgehead atoms. The molecule has 0 saturated heterocycles. The summed E-state index contributed by atoms with van der Waals surface area (Å²) in [4.78, 5) is 2.09. The lowest BCUT2D eigenvalue weighted by atomic mass is 10.1. The first-order valence-corrected chi connectivity index (χ1v) is 6.89. The van der Waals surface area contributed by atoms with E-state index in [0.717, 1.165) is 17.9 Å². The summed E-state index contributed by atoms with van der Waals surface area (Å²) in [6.07, 6.45) is 1.68. The molecule has 1 aromatic heterocycles. The summed E-state index contributed by atoms with van der Waals surface area (Å²) in [7, 11) is 5.57. The van der Waals surface area contributed by atoms with E-state index in [2.05, 4.69) is 10.2 Å². The van der Waals surface area contributed by atoms with Gasteiger partial charge < -0.3 is 19.6 Å². The molecule has 2 aromatic rings. The molecule has 0 amide bonds. The van der Waals surface area contributed by atoms with Crippen molar-refractivity contribution in [3.8, 4) is 11.5 Å². The first-order chi connectivity index (χ1) is 10.1. The van der Waals surface area contributed by atoms with Crippen LogP contribution in [0.5, 0.6) is 11.5 Å². The van der Waals surface area contributed by atoms with Gasteiger partial charge in [-0.15, -0.1) is 0 Å². The summed E-state index contributed by atoms with van der Waals surface area (Å²) < 4.78 is 10.6. The van der Waals surface area contributed by atoms with Crippen LogP contribution in [-0.4, -0.2) is 37.8 Å². The SMILES string of the molecule is COc1cccc(CNCC(c2ccco2)N(C)C)c1O. The minimum absolute atomic E-state index is 0.146. The van der Waals surface area contributed by atoms with Crippen LogP contribution in [0.2, 0.25) is 0 Å². The Bertz CT molecular complexity index is 553. The molecule has 1 aromatic carbocycles. The van der Waals surface area contributed by atoms with Gasteiger partial charge in [0.25, 0.3) is 0 Å². The van der Waals surface area contributed by atoms with Crippen molar-refractivity contribution < 1.29 is 14.3 Å². The Balaban J connectivity index is 1.97. The molecule has 5 heteroatoms. The second-order valence-electron chi connectivity index (χ2n) is 5.09. The van der Waals surface area contributed by atoms with Crippen molar-refractivity contribution in [1.82, 2.24) is 10.2 Å². The molecular formula is C16H22N2O3. The summed E-state index contributed by atoms with van der Waals surface area (Å²) in [5, 5.41) is 13.4. The van der Waals surface area contributed by atoms with Crippen molar-refractivity contribution in [3.63, 3.8) is 0 Å². The Hall–Kier alpha value is -1.98. The van der Waals surface area contributed by atoms with Gasteiger partial charge in [-0.2, -0.15) is 0 Å². The van der Waals surface area contributed by atoms with Crippen molar-refractivity contribution in [2.24, 2.45) is 0 Å². The van der Waals surface area contributed by atoms with Crippen molar-refractivity contribution in [2.75, 3.05) is 27.7 Å².